The van der Waals surface area contributed by atoms with E-state index in [9.17, 15) is 9.18 Å². The molecule has 1 amide bonds. The first-order valence-corrected chi connectivity index (χ1v) is 12.7. The van der Waals surface area contributed by atoms with Gasteiger partial charge in [-0.25, -0.2) is 4.39 Å². The number of benzene rings is 3. The van der Waals surface area contributed by atoms with Crippen LogP contribution in [0.4, 0.5) is 10.1 Å². The molecule has 3 aromatic rings. The maximum absolute atomic E-state index is 13.7. The third-order valence-electron chi connectivity index (χ3n) is 6.34. The average molecular weight is 599 g/mol. The SMILES string of the molecule is CN(C)CCC[C@@]1(c2ccc(F)cc2)OCc2cc(CNC(=O)c3ccc(N=[N+]=[N-])c(I)c3)ccc21. The van der Waals surface area contributed by atoms with Gasteiger partial charge in [-0.2, -0.15) is 0 Å². The summed E-state index contributed by atoms with van der Waals surface area (Å²) >= 11 is 2.04. The van der Waals surface area contributed by atoms with Gasteiger partial charge in [-0.3, -0.25) is 4.79 Å². The van der Waals surface area contributed by atoms with Crippen molar-refractivity contribution in [3.8, 4) is 0 Å². The number of amides is 1. The van der Waals surface area contributed by atoms with E-state index in [0.717, 1.165) is 41.6 Å². The van der Waals surface area contributed by atoms with Crippen LogP contribution in [0.3, 0.4) is 0 Å². The van der Waals surface area contributed by atoms with Crippen LogP contribution in [0.25, 0.3) is 10.4 Å². The van der Waals surface area contributed by atoms with Crippen molar-refractivity contribution < 1.29 is 13.9 Å². The molecule has 1 atom stereocenters. The van der Waals surface area contributed by atoms with Crippen molar-refractivity contribution >= 4 is 34.2 Å². The number of rotatable bonds is 9. The summed E-state index contributed by atoms with van der Waals surface area (Å²) in [6.07, 6.45) is 1.71. The van der Waals surface area contributed by atoms with Crippen LogP contribution in [0.1, 0.15) is 45.5 Å². The second kappa shape index (κ2) is 11.4. The molecule has 0 fully saturated rings. The first-order valence-electron chi connectivity index (χ1n) is 11.6. The van der Waals surface area contributed by atoms with Crippen molar-refractivity contribution in [2.24, 2.45) is 5.11 Å². The van der Waals surface area contributed by atoms with Gasteiger partial charge in [0.25, 0.3) is 5.91 Å². The van der Waals surface area contributed by atoms with Crippen LogP contribution in [0.15, 0.2) is 65.8 Å². The zero-order valence-corrected chi connectivity index (χ0v) is 22.3. The van der Waals surface area contributed by atoms with Gasteiger partial charge in [0.1, 0.15) is 11.4 Å². The Morgan fingerprint density at radius 1 is 1.19 bits per heavy atom. The van der Waals surface area contributed by atoms with Crippen LogP contribution in [-0.2, 0) is 23.5 Å². The van der Waals surface area contributed by atoms with Crippen molar-refractivity contribution in [2.75, 3.05) is 20.6 Å². The number of carbonyl (C=O) groups is 1. The number of fused-ring (bicyclic) bond motifs is 1. The molecule has 0 radical (unpaired) electrons. The molecule has 1 heterocycles. The smallest absolute Gasteiger partial charge is 0.251 e. The lowest BCUT2D eigenvalue weighted by Crippen LogP contribution is -2.28. The van der Waals surface area contributed by atoms with Gasteiger partial charge in [-0.1, -0.05) is 41.5 Å². The maximum Gasteiger partial charge on any atom is 0.251 e. The normalized spacial score (nSPS) is 16.5. The highest BCUT2D eigenvalue weighted by atomic mass is 127. The van der Waals surface area contributed by atoms with E-state index >= 15 is 0 Å². The number of ether oxygens (including phenoxy) is 1. The largest absolute Gasteiger partial charge is 0.361 e. The Bertz CT molecular complexity index is 1310. The number of hydrogen-bond acceptors (Lipinski definition) is 4. The number of azide groups is 1. The fourth-order valence-electron chi connectivity index (χ4n) is 4.56. The first kappa shape index (κ1) is 26.1. The molecular weight excluding hydrogens is 572 g/mol. The molecule has 0 saturated heterocycles. The lowest BCUT2D eigenvalue weighted by molar-refractivity contribution is -0.0140. The molecule has 3 aromatic carbocycles. The zero-order valence-electron chi connectivity index (χ0n) is 20.2. The number of nitrogens with one attached hydrogen (secondary N) is 1. The van der Waals surface area contributed by atoms with Crippen LogP contribution in [0.2, 0.25) is 0 Å². The van der Waals surface area contributed by atoms with Crippen molar-refractivity contribution in [1.29, 1.82) is 0 Å². The summed E-state index contributed by atoms with van der Waals surface area (Å²) in [7, 11) is 4.09. The summed E-state index contributed by atoms with van der Waals surface area (Å²) in [6.45, 7) is 1.75. The quantitative estimate of drug-likeness (QED) is 0.133. The summed E-state index contributed by atoms with van der Waals surface area (Å²) < 4.78 is 20.8. The van der Waals surface area contributed by atoms with Gasteiger partial charge < -0.3 is 15.0 Å². The molecule has 0 saturated carbocycles. The summed E-state index contributed by atoms with van der Waals surface area (Å²) in [6, 6.07) is 17.7. The number of halogens is 2. The first-order chi connectivity index (χ1) is 17.3. The lowest BCUT2D eigenvalue weighted by atomic mass is 9.81. The van der Waals surface area contributed by atoms with Crippen molar-refractivity contribution in [1.82, 2.24) is 10.2 Å². The van der Waals surface area contributed by atoms with E-state index in [1.54, 1.807) is 18.2 Å². The van der Waals surface area contributed by atoms with E-state index in [0.29, 0.717) is 28.0 Å². The fraction of sp³-hybridized carbons (Fsp3) is 0.296. The van der Waals surface area contributed by atoms with Crippen LogP contribution in [-0.4, -0.2) is 31.4 Å². The standard InChI is InChI=1S/C27H27FIN5O2/c1-34(2)13-3-12-27(21-6-8-22(28)9-7-21)23-10-4-18(14-20(23)17-36-27)16-31-26(35)19-5-11-25(32-33-30)24(29)15-19/h4-11,14-15H,3,12-13,16-17H2,1-2H3,(H,31,35)/t27-/m0/s1. The Balaban J connectivity index is 1.52. The molecule has 36 heavy (non-hydrogen) atoms. The van der Waals surface area contributed by atoms with Gasteiger partial charge in [0.05, 0.1) is 12.3 Å². The third-order valence-corrected chi connectivity index (χ3v) is 7.20. The molecule has 1 N–H and O–H groups in total. The summed E-state index contributed by atoms with van der Waals surface area (Å²) in [5.41, 5.74) is 13.1. The fourth-order valence-corrected chi connectivity index (χ4v) is 5.19. The van der Waals surface area contributed by atoms with Gasteiger partial charge in [-0.15, -0.1) is 0 Å². The zero-order chi connectivity index (χ0) is 25.7. The molecular formula is C27H27FIN5O2. The summed E-state index contributed by atoms with van der Waals surface area (Å²) in [4.78, 5) is 17.6. The van der Waals surface area contributed by atoms with Gasteiger partial charge in [0, 0.05) is 20.6 Å². The van der Waals surface area contributed by atoms with Crippen LogP contribution in [0, 0.1) is 9.39 Å². The predicted molar refractivity (Wildman–Crippen MR) is 145 cm³/mol. The van der Waals surface area contributed by atoms with E-state index in [2.05, 4.69) is 32.4 Å². The highest BCUT2D eigenvalue weighted by Crippen LogP contribution is 2.45. The number of hydrogen-bond donors (Lipinski definition) is 1. The molecule has 0 aromatic heterocycles. The van der Waals surface area contributed by atoms with Crippen LogP contribution < -0.4 is 5.32 Å². The molecule has 186 valence electrons. The number of carbonyl (C=O) groups excluding carboxylic acids is 1. The minimum absolute atomic E-state index is 0.207. The predicted octanol–water partition coefficient (Wildman–Crippen LogP) is 6.42. The van der Waals surface area contributed by atoms with E-state index in [-0.39, 0.29) is 11.7 Å². The highest BCUT2D eigenvalue weighted by molar-refractivity contribution is 14.1. The second-order valence-electron chi connectivity index (χ2n) is 9.06. The summed E-state index contributed by atoms with van der Waals surface area (Å²) in [5.74, 6) is -0.477. The molecule has 1 aliphatic heterocycles. The Morgan fingerprint density at radius 2 is 1.97 bits per heavy atom. The third kappa shape index (κ3) is 5.70. The van der Waals surface area contributed by atoms with E-state index in [1.807, 2.05) is 54.9 Å². The van der Waals surface area contributed by atoms with Crippen LogP contribution in [0.5, 0.6) is 0 Å². The van der Waals surface area contributed by atoms with Gasteiger partial charge >= 0.3 is 0 Å². The van der Waals surface area contributed by atoms with Gasteiger partial charge in [-0.05, 0) is 108 Å². The molecule has 0 unspecified atom stereocenters. The number of nitrogens with zero attached hydrogens (tertiary/aromatic N) is 4. The topological polar surface area (TPSA) is 90.3 Å². The van der Waals surface area contributed by atoms with Crippen molar-refractivity contribution in [3.63, 3.8) is 0 Å². The Morgan fingerprint density at radius 3 is 2.67 bits per heavy atom. The molecule has 7 nitrogen and oxygen atoms in total. The van der Waals surface area contributed by atoms with E-state index in [1.165, 1.54) is 12.1 Å². The second-order valence-corrected chi connectivity index (χ2v) is 10.2. The highest BCUT2D eigenvalue weighted by Gasteiger charge is 2.41. The van der Waals surface area contributed by atoms with Gasteiger partial charge in [0.15, 0.2) is 0 Å². The minimum Gasteiger partial charge on any atom is -0.361 e. The maximum atomic E-state index is 13.7. The van der Waals surface area contributed by atoms with E-state index < -0.39 is 5.60 Å². The molecule has 0 aliphatic carbocycles. The molecule has 9 heteroatoms. The molecule has 0 spiro atoms. The van der Waals surface area contributed by atoms with Crippen molar-refractivity contribution in [3.05, 3.63) is 108 Å². The molecule has 1 aliphatic rings. The average Bonchev–Trinajstić information content (AvgIpc) is 3.23. The Hall–Kier alpha value is -2.98. The minimum atomic E-state index is -0.620. The molecule has 4 rings (SSSR count). The Labute approximate surface area is 223 Å². The summed E-state index contributed by atoms with van der Waals surface area (Å²) in [5, 5.41) is 6.56. The van der Waals surface area contributed by atoms with Gasteiger partial charge in [0.2, 0.25) is 0 Å². The molecule has 0 bridgehead atoms. The Kier molecular flexibility index (Phi) is 8.25. The van der Waals surface area contributed by atoms with Crippen LogP contribution >= 0.6 is 22.6 Å². The monoisotopic (exact) mass is 599 g/mol. The lowest BCUT2D eigenvalue weighted by Gasteiger charge is -2.31. The van der Waals surface area contributed by atoms with Crippen molar-refractivity contribution in [2.45, 2.75) is 31.6 Å². The van der Waals surface area contributed by atoms with E-state index in [4.69, 9.17) is 10.3 Å².